The standard InChI is InChI=1S/C11H20N4O5S2/c1-5(12)9(17)15-6(3-21)10(18)13-2-8(16)14-7(4-22)11(19)20/h5-7,21-22H,2-4,12H2,1H3,(H,13,18)(H,14,16)(H,15,17)(H,19,20). The molecular weight excluding hydrogens is 332 g/mol. The van der Waals surface area contributed by atoms with Crippen LogP contribution < -0.4 is 21.7 Å². The molecule has 0 fully saturated rings. The Bertz CT molecular complexity index is 433. The fourth-order valence-corrected chi connectivity index (χ4v) is 1.72. The Balaban J connectivity index is 4.37. The van der Waals surface area contributed by atoms with Crippen LogP contribution in [0.1, 0.15) is 6.92 Å². The summed E-state index contributed by atoms with van der Waals surface area (Å²) in [5, 5.41) is 15.6. The third kappa shape index (κ3) is 7.52. The first-order valence-electron chi connectivity index (χ1n) is 6.30. The molecule has 0 radical (unpaired) electrons. The van der Waals surface area contributed by atoms with E-state index >= 15 is 0 Å². The average Bonchev–Trinajstić information content (AvgIpc) is 2.46. The number of aliphatic carboxylic acids is 1. The van der Waals surface area contributed by atoms with Gasteiger partial charge in [0.1, 0.15) is 12.1 Å². The van der Waals surface area contributed by atoms with E-state index in [1.165, 1.54) is 6.92 Å². The summed E-state index contributed by atoms with van der Waals surface area (Å²) in [6.45, 7) is 1.02. The lowest BCUT2D eigenvalue weighted by Gasteiger charge is -2.18. The highest BCUT2D eigenvalue weighted by atomic mass is 32.1. The van der Waals surface area contributed by atoms with Gasteiger partial charge in [0, 0.05) is 11.5 Å². The Hall–Kier alpha value is -1.46. The zero-order valence-electron chi connectivity index (χ0n) is 11.9. The first-order valence-corrected chi connectivity index (χ1v) is 7.57. The number of nitrogens with two attached hydrogens (primary N) is 1. The third-order valence-corrected chi connectivity index (χ3v) is 3.20. The van der Waals surface area contributed by atoms with Crippen LogP contribution >= 0.6 is 25.3 Å². The number of hydrogen-bond acceptors (Lipinski definition) is 7. The first-order chi connectivity index (χ1) is 10.2. The monoisotopic (exact) mass is 352 g/mol. The van der Waals surface area contributed by atoms with Crippen molar-refractivity contribution in [1.82, 2.24) is 16.0 Å². The maximum atomic E-state index is 11.8. The number of thiol groups is 2. The summed E-state index contributed by atoms with van der Waals surface area (Å²) in [4.78, 5) is 45.4. The Labute approximate surface area is 138 Å². The minimum absolute atomic E-state index is 0.0142. The van der Waals surface area contributed by atoms with Crippen LogP contribution in [0.3, 0.4) is 0 Å². The van der Waals surface area contributed by atoms with Crippen LogP contribution in [0.5, 0.6) is 0 Å². The zero-order valence-corrected chi connectivity index (χ0v) is 13.7. The van der Waals surface area contributed by atoms with Gasteiger partial charge in [0.25, 0.3) is 0 Å². The van der Waals surface area contributed by atoms with E-state index in [2.05, 4.69) is 41.2 Å². The summed E-state index contributed by atoms with van der Waals surface area (Å²) < 4.78 is 0. The van der Waals surface area contributed by atoms with Gasteiger partial charge in [-0.2, -0.15) is 25.3 Å². The molecule has 3 unspecified atom stereocenters. The lowest BCUT2D eigenvalue weighted by molar-refractivity contribution is -0.141. The molecular formula is C11H20N4O5S2. The summed E-state index contributed by atoms with van der Waals surface area (Å²) in [7, 11) is 0. The topological polar surface area (TPSA) is 151 Å². The second-order valence-corrected chi connectivity index (χ2v) is 5.12. The fraction of sp³-hybridized carbons (Fsp3) is 0.636. The van der Waals surface area contributed by atoms with Crippen LogP contribution in [0.2, 0.25) is 0 Å². The van der Waals surface area contributed by atoms with Gasteiger partial charge in [-0.3, -0.25) is 14.4 Å². The number of amides is 3. The lowest BCUT2D eigenvalue weighted by atomic mass is 10.2. The van der Waals surface area contributed by atoms with Gasteiger partial charge in [0.2, 0.25) is 17.7 Å². The van der Waals surface area contributed by atoms with Gasteiger partial charge < -0.3 is 26.8 Å². The van der Waals surface area contributed by atoms with E-state index in [4.69, 9.17) is 10.8 Å². The quantitative estimate of drug-likeness (QED) is 0.225. The molecule has 22 heavy (non-hydrogen) atoms. The van der Waals surface area contributed by atoms with Gasteiger partial charge >= 0.3 is 5.97 Å². The van der Waals surface area contributed by atoms with Crippen molar-refractivity contribution in [2.45, 2.75) is 25.0 Å². The maximum absolute atomic E-state index is 11.8. The molecule has 0 aromatic heterocycles. The zero-order chi connectivity index (χ0) is 17.3. The average molecular weight is 352 g/mol. The van der Waals surface area contributed by atoms with Gasteiger partial charge in [-0.25, -0.2) is 4.79 Å². The van der Waals surface area contributed by atoms with E-state index in [1.807, 2.05) is 0 Å². The van der Waals surface area contributed by atoms with Gasteiger partial charge in [-0.1, -0.05) is 0 Å². The third-order valence-electron chi connectivity index (χ3n) is 2.47. The number of carbonyl (C=O) groups is 4. The van der Waals surface area contributed by atoms with Gasteiger partial charge in [0.05, 0.1) is 12.6 Å². The molecule has 0 aliphatic carbocycles. The molecule has 0 aliphatic heterocycles. The normalized spacial score (nSPS) is 14.4. The van der Waals surface area contributed by atoms with E-state index in [0.717, 1.165) is 0 Å². The van der Waals surface area contributed by atoms with Crippen molar-refractivity contribution in [2.24, 2.45) is 5.73 Å². The minimum Gasteiger partial charge on any atom is -0.480 e. The van der Waals surface area contributed by atoms with Crippen LogP contribution in [-0.4, -0.2) is 65.0 Å². The molecule has 0 aromatic carbocycles. The molecule has 0 saturated carbocycles. The highest BCUT2D eigenvalue weighted by Gasteiger charge is 2.22. The van der Waals surface area contributed by atoms with Crippen molar-refractivity contribution in [2.75, 3.05) is 18.1 Å². The van der Waals surface area contributed by atoms with E-state index in [0.29, 0.717) is 0 Å². The summed E-state index contributed by atoms with van der Waals surface area (Å²) in [6, 6.07) is -2.88. The number of carbonyl (C=O) groups excluding carboxylic acids is 3. The van der Waals surface area contributed by atoms with Crippen molar-refractivity contribution in [1.29, 1.82) is 0 Å². The molecule has 3 atom stereocenters. The molecule has 6 N–H and O–H groups in total. The number of nitrogens with one attached hydrogen (secondary N) is 3. The smallest absolute Gasteiger partial charge is 0.327 e. The van der Waals surface area contributed by atoms with Crippen molar-refractivity contribution in [3.05, 3.63) is 0 Å². The number of carboxylic acid groups (broad SMARTS) is 1. The van der Waals surface area contributed by atoms with Crippen molar-refractivity contribution in [3.63, 3.8) is 0 Å². The Kier molecular flexibility index (Phi) is 9.61. The van der Waals surface area contributed by atoms with Crippen LogP contribution in [0.25, 0.3) is 0 Å². The molecule has 0 aromatic rings. The number of carboxylic acids is 1. The highest BCUT2D eigenvalue weighted by molar-refractivity contribution is 7.80. The molecule has 0 bridgehead atoms. The molecule has 0 rings (SSSR count). The Morgan fingerprint density at radius 3 is 2.00 bits per heavy atom. The second-order valence-electron chi connectivity index (χ2n) is 4.39. The predicted octanol–water partition coefficient (Wildman–Crippen LogP) is -2.64. The van der Waals surface area contributed by atoms with Gasteiger partial charge in [-0.15, -0.1) is 0 Å². The van der Waals surface area contributed by atoms with Crippen molar-refractivity contribution < 1.29 is 24.3 Å². The molecule has 0 spiro atoms. The second kappa shape index (κ2) is 10.3. The molecule has 0 heterocycles. The molecule has 0 saturated heterocycles. The first kappa shape index (κ1) is 20.5. The minimum atomic E-state index is -1.23. The Morgan fingerprint density at radius 1 is 1.05 bits per heavy atom. The largest absolute Gasteiger partial charge is 0.480 e. The summed E-state index contributed by atoms with van der Waals surface area (Å²) in [5.41, 5.74) is 5.36. The van der Waals surface area contributed by atoms with Crippen LogP contribution in [0.4, 0.5) is 0 Å². The van der Waals surface area contributed by atoms with Crippen molar-refractivity contribution >= 4 is 48.9 Å². The summed E-state index contributed by atoms with van der Waals surface area (Å²) >= 11 is 7.73. The fourth-order valence-electron chi connectivity index (χ4n) is 1.22. The van der Waals surface area contributed by atoms with Gasteiger partial charge in [-0.05, 0) is 6.92 Å². The van der Waals surface area contributed by atoms with Gasteiger partial charge in [0.15, 0.2) is 0 Å². The van der Waals surface area contributed by atoms with Crippen LogP contribution in [0.15, 0.2) is 0 Å². The molecule has 9 nitrogen and oxygen atoms in total. The Morgan fingerprint density at radius 2 is 1.59 bits per heavy atom. The van der Waals surface area contributed by atoms with Crippen LogP contribution in [-0.2, 0) is 19.2 Å². The molecule has 11 heteroatoms. The molecule has 0 aliphatic rings. The summed E-state index contributed by atoms with van der Waals surface area (Å²) in [6.07, 6.45) is 0. The molecule has 126 valence electrons. The maximum Gasteiger partial charge on any atom is 0.327 e. The number of hydrogen-bond donors (Lipinski definition) is 7. The molecule has 3 amide bonds. The van der Waals surface area contributed by atoms with Crippen LogP contribution in [0, 0.1) is 0 Å². The van der Waals surface area contributed by atoms with Crippen molar-refractivity contribution in [3.8, 4) is 0 Å². The van der Waals surface area contributed by atoms with E-state index < -0.39 is 48.4 Å². The predicted molar refractivity (Wildman–Crippen MR) is 85.9 cm³/mol. The summed E-state index contributed by atoms with van der Waals surface area (Å²) in [5.74, 6) is -3.14. The SMILES string of the molecule is CC(N)C(=O)NC(CS)C(=O)NCC(=O)NC(CS)C(=O)O. The highest BCUT2D eigenvalue weighted by Crippen LogP contribution is 1.91. The van der Waals surface area contributed by atoms with E-state index in [1.54, 1.807) is 0 Å². The lowest BCUT2D eigenvalue weighted by Crippen LogP contribution is -2.53. The van der Waals surface area contributed by atoms with E-state index in [9.17, 15) is 19.2 Å². The van der Waals surface area contributed by atoms with E-state index in [-0.39, 0.29) is 11.5 Å². The number of rotatable bonds is 9.